The Balaban J connectivity index is 1.54. The van der Waals surface area contributed by atoms with Crippen molar-refractivity contribution in [3.8, 4) is 17.2 Å². The SMILES string of the molecule is Cc1oc(-c2ccccc2)nc1CCOc1ccc(C[C@H](N)C(=O)O)cc1. The van der Waals surface area contributed by atoms with Crippen molar-refractivity contribution in [3.05, 3.63) is 71.6 Å². The number of carbonyl (C=O) groups is 1. The summed E-state index contributed by atoms with van der Waals surface area (Å²) in [6.07, 6.45) is 0.920. The third kappa shape index (κ3) is 4.95. The lowest BCUT2D eigenvalue weighted by Crippen LogP contribution is -2.32. The van der Waals surface area contributed by atoms with Crippen LogP contribution in [-0.2, 0) is 17.6 Å². The van der Waals surface area contributed by atoms with Crippen LogP contribution in [0.2, 0.25) is 0 Å². The molecule has 0 amide bonds. The van der Waals surface area contributed by atoms with Gasteiger partial charge in [-0.3, -0.25) is 4.79 Å². The van der Waals surface area contributed by atoms with Gasteiger partial charge < -0.3 is 20.0 Å². The summed E-state index contributed by atoms with van der Waals surface area (Å²) in [7, 11) is 0. The van der Waals surface area contributed by atoms with E-state index >= 15 is 0 Å². The van der Waals surface area contributed by atoms with Crippen molar-refractivity contribution in [2.75, 3.05) is 6.61 Å². The summed E-state index contributed by atoms with van der Waals surface area (Å²) in [6.45, 7) is 2.37. The molecule has 0 aliphatic carbocycles. The van der Waals surface area contributed by atoms with Gasteiger partial charge in [0, 0.05) is 12.0 Å². The second kappa shape index (κ2) is 8.51. The van der Waals surface area contributed by atoms with Gasteiger partial charge in [0.05, 0.1) is 12.3 Å². The second-order valence-electron chi connectivity index (χ2n) is 6.28. The van der Waals surface area contributed by atoms with Crippen LogP contribution in [0.15, 0.2) is 59.0 Å². The predicted molar refractivity (Wildman–Crippen MR) is 102 cm³/mol. The molecule has 1 atom stereocenters. The molecule has 0 aliphatic rings. The highest BCUT2D eigenvalue weighted by atomic mass is 16.5. The maximum Gasteiger partial charge on any atom is 0.320 e. The average Bonchev–Trinajstić information content (AvgIpc) is 3.04. The Bertz CT molecular complexity index is 888. The van der Waals surface area contributed by atoms with E-state index in [-0.39, 0.29) is 6.42 Å². The first kappa shape index (κ1) is 18.7. The zero-order valence-electron chi connectivity index (χ0n) is 15.1. The highest BCUT2D eigenvalue weighted by Crippen LogP contribution is 2.22. The van der Waals surface area contributed by atoms with Crippen LogP contribution in [0.4, 0.5) is 0 Å². The van der Waals surface area contributed by atoms with Gasteiger partial charge in [0.25, 0.3) is 0 Å². The van der Waals surface area contributed by atoms with Gasteiger partial charge in [0.2, 0.25) is 5.89 Å². The Kier molecular flexibility index (Phi) is 5.88. The summed E-state index contributed by atoms with van der Waals surface area (Å²) in [5.41, 5.74) is 8.22. The molecule has 1 heterocycles. The average molecular weight is 366 g/mol. The number of ether oxygens (including phenoxy) is 1. The molecule has 1 aromatic heterocycles. The summed E-state index contributed by atoms with van der Waals surface area (Å²) in [6, 6.07) is 16.2. The molecule has 0 saturated carbocycles. The first-order valence-corrected chi connectivity index (χ1v) is 8.75. The van der Waals surface area contributed by atoms with E-state index in [9.17, 15) is 4.79 Å². The van der Waals surface area contributed by atoms with Crippen LogP contribution in [0.1, 0.15) is 17.0 Å². The third-order valence-electron chi connectivity index (χ3n) is 4.22. The van der Waals surface area contributed by atoms with E-state index < -0.39 is 12.0 Å². The molecule has 140 valence electrons. The van der Waals surface area contributed by atoms with Crippen molar-refractivity contribution in [1.29, 1.82) is 0 Å². The quantitative estimate of drug-likeness (QED) is 0.635. The van der Waals surface area contributed by atoms with Gasteiger partial charge in [-0.1, -0.05) is 30.3 Å². The number of nitrogens with zero attached hydrogens (tertiary/aromatic N) is 1. The predicted octanol–water partition coefficient (Wildman–Crippen LogP) is 3.23. The number of nitrogens with two attached hydrogens (primary N) is 1. The van der Waals surface area contributed by atoms with Gasteiger partial charge in [-0.15, -0.1) is 0 Å². The smallest absolute Gasteiger partial charge is 0.320 e. The molecule has 27 heavy (non-hydrogen) atoms. The molecule has 0 aliphatic heterocycles. The van der Waals surface area contributed by atoms with E-state index in [1.54, 1.807) is 0 Å². The van der Waals surface area contributed by atoms with Gasteiger partial charge in [0.1, 0.15) is 17.6 Å². The highest BCUT2D eigenvalue weighted by molar-refractivity contribution is 5.73. The van der Waals surface area contributed by atoms with E-state index in [0.717, 1.165) is 22.6 Å². The molecule has 6 heteroatoms. The molecule has 0 fully saturated rings. The Morgan fingerprint density at radius 3 is 2.56 bits per heavy atom. The highest BCUT2D eigenvalue weighted by Gasteiger charge is 2.13. The molecule has 2 aromatic carbocycles. The molecule has 3 aromatic rings. The van der Waals surface area contributed by atoms with Crippen LogP contribution in [0.5, 0.6) is 5.75 Å². The van der Waals surface area contributed by atoms with Crippen LogP contribution in [0, 0.1) is 6.92 Å². The Hall–Kier alpha value is -3.12. The first-order valence-electron chi connectivity index (χ1n) is 8.75. The van der Waals surface area contributed by atoms with E-state index in [4.69, 9.17) is 20.0 Å². The minimum atomic E-state index is -1.01. The summed E-state index contributed by atoms with van der Waals surface area (Å²) in [4.78, 5) is 15.4. The summed E-state index contributed by atoms with van der Waals surface area (Å²) >= 11 is 0. The summed E-state index contributed by atoms with van der Waals surface area (Å²) in [5.74, 6) is 1.11. The minimum Gasteiger partial charge on any atom is -0.493 e. The number of hydrogen-bond acceptors (Lipinski definition) is 5. The standard InChI is InChI=1S/C21H22N2O4/c1-14-19(23-20(27-14)16-5-3-2-4-6-16)11-12-26-17-9-7-15(8-10-17)13-18(22)21(24)25/h2-10,18H,11-13,22H2,1H3,(H,24,25)/t18-/m0/s1. The normalized spacial score (nSPS) is 11.9. The minimum absolute atomic E-state index is 0.288. The fraction of sp³-hybridized carbons (Fsp3) is 0.238. The van der Waals surface area contributed by atoms with Crippen LogP contribution in [0.3, 0.4) is 0 Å². The molecule has 6 nitrogen and oxygen atoms in total. The van der Waals surface area contributed by atoms with Crippen molar-refractivity contribution >= 4 is 5.97 Å². The van der Waals surface area contributed by atoms with Gasteiger partial charge in [-0.05, 0) is 43.2 Å². The lowest BCUT2D eigenvalue weighted by atomic mass is 10.1. The van der Waals surface area contributed by atoms with Crippen molar-refractivity contribution in [1.82, 2.24) is 4.98 Å². The number of benzene rings is 2. The van der Waals surface area contributed by atoms with Crippen molar-refractivity contribution in [2.45, 2.75) is 25.8 Å². The Morgan fingerprint density at radius 2 is 1.89 bits per heavy atom. The largest absolute Gasteiger partial charge is 0.493 e. The number of carboxylic acids is 1. The van der Waals surface area contributed by atoms with Crippen LogP contribution in [0.25, 0.3) is 11.5 Å². The van der Waals surface area contributed by atoms with Crippen LogP contribution >= 0.6 is 0 Å². The van der Waals surface area contributed by atoms with E-state index in [1.165, 1.54) is 0 Å². The van der Waals surface area contributed by atoms with Gasteiger partial charge in [-0.2, -0.15) is 0 Å². The molecular weight excluding hydrogens is 344 g/mol. The monoisotopic (exact) mass is 366 g/mol. The number of aromatic nitrogens is 1. The number of aryl methyl sites for hydroxylation is 1. The molecule has 0 saturated heterocycles. The van der Waals surface area contributed by atoms with Crippen molar-refractivity contribution < 1.29 is 19.1 Å². The maximum atomic E-state index is 10.8. The molecule has 0 radical (unpaired) electrons. The first-order chi connectivity index (χ1) is 13.0. The fourth-order valence-corrected chi connectivity index (χ4v) is 2.69. The lowest BCUT2D eigenvalue weighted by molar-refractivity contribution is -0.138. The van der Waals surface area contributed by atoms with Crippen molar-refractivity contribution in [2.24, 2.45) is 5.73 Å². The number of hydrogen-bond donors (Lipinski definition) is 2. The molecule has 0 unspecified atom stereocenters. The molecule has 3 N–H and O–H groups in total. The Labute approximate surface area is 157 Å². The van der Waals surface area contributed by atoms with E-state index in [0.29, 0.717) is 24.7 Å². The number of rotatable bonds is 8. The van der Waals surface area contributed by atoms with Crippen molar-refractivity contribution in [3.63, 3.8) is 0 Å². The van der Waals surface area contributed by atoms with Gasteiger partial charge in [-0.25, -0.2) is 4.98 Å². The second-order valence-corrected chi connectivity index (χ2v) is 6.28. The Morgan fingerprint density at radius 1 is 1.19 bits per heavy atom. The fourth-order valence-electron chi connectivity index (χ4n) is 2.69. The molecule has 0 bridgehead atoms. The molecule has 3 rings (SSSR count). The van der Waals surface area contributed by atoms with Gasteiger partial charge >= 0.3 is 5.97 Å². The summed E-state index contributed by atoms with van der Waals surface area (Å²) < 4.78 is 11.5. The number of oxazole rings is 1. The van der Waals surface area contributed by atoms with E-state index in [1.807, 2.05) is 61.5 Å². The molecule has 0 spiro atoms. The van der Waals surface area contributed by atoms with E-state index in [2.05, 4.69) is 4.98 Å². The summed E-state index contributed by atoms with van der Waals surface area (Å²) in [5, 5.41) is 8.86. The van der Waals surface area contributed by atoms with Crippen LogP contribution < -0.4 is 10.5 Å². The lowest BCUT2D eigenvalue weighted by Gasteiger charge is -2.08. The van der Waals surface area contributed by atoms with Crippen LogP contribution in [-0.4, -0.2) is 28.7 Å². The maximum absolute atomic E-state index is 10.8. The van der Waals surface area contributed by atoms with Gasteiger partial charge in [0.15, 0.2) is 0 Å². The zero-order chi connectivity index (χ0) is 19.2. The number of carboxylic acid groups (broad SMARTS) is 1. The number of aliphatic carboxylic acids is 1. The third-order valence-corrected chi connectivity index (χ3v) is 4.22. The molecular formula is C21H22N2O4. The topological polar surface area (TPSA) is 98.6 Å². The zero-order valence-corrected chi connectivity index (χ0v) is 15.1.